The number of thiophene rings is 1. The summed E-state index contributed by atoms with van der Waals surface area (Å²) in [5.74, 6) is -17.2. The molecule has 8 heteroatoms. The van der Waals surface area contributed by atoms with Crippen molar-refractivity contribution in [2.24, 2.45) is 0 Å². The van der Waals surface area contributed by atoms with Gasteiger partial charge in [-0.2, -0.15) is 17.6 Å². The first-order chi connectivity index (χ1) is 8.53. The second-order valence-corrected chi connectivity index (χ2v) is 7.30. The van der Waals surface area contributed by atoms with E-state index in [0.717, 1.165) is 11.3 Å². The Labute approximate surface area is 122 Å². The minimum Gasteiger partial charge on any atom is -0.208 e. The van der Waals surface area contributed by atoms with Crippen LogP contribution in [0.5, 0.6) is 0 Å². The van der Waals surface area contributed by atoms with Crippen molar-refractivity contribution in [3.05, 3.63) is 30.5 Å². The molecule has 0 amide bonds. The summed E-state index contributed by atoms with van der Waals surface area (Å²) in [6.07, 6.45) is 0. The Morgan fingerprint density at radius 3 is 1.95 bits per heavy atom. The number of hydrogen-bond acceptors (Lipinski definition) is 1. The van der Waals surface area contributed by atoms with Crippen molar-refractivity contribution in [2.75, 3.05) is 0 Å². The van der Waals surface area contributed by atoms with Gasteiger partial charge in [-0.15, -0.1) is 11.3 Å². The van der Waals surface area contributed by atoms with Gasteiger partial charge in [-0.05, 0) is 47.6 Å². The Hall–Kier alpha value is -0.250. The van der Waals surface area contributed by atoms with Gasteiger partial charge in [0.15, 0.2) is 5.83 Å². The van der Waals surface area contributed by atoms with Crippen LogP contribution < -0.4 is 0 Å². The number of hydrogen-bond donors (Lipinski definition) is 0. The van der Waals surface area contributed by atoms with Crippen molar-refractivity contribution in [1.82, 2.24) is 0 Å². The molecule has 1 heterocycles. The van der Waals surface area contributed by atoms with E-state index in [9.17, 15) is 26.3 Å². The van der Waals surface area contributed by atoms with Crippen LogP contribution in [-0.2, 0) is 0 Å². The molecule has 1 atom stereocenters. The molecule has 106 valence electrons. The summed E-state index contributed by atoms with van der Waals surface area (Å²) in [6.45, 7) is 2.85. The highest BCUT2D eigenvalue weighted by molar-refractivity contribution is 14.1. The van der Waals surface area contributed by atoms with Gasteiger partial charge in [0.2, 0.25) is 5.83 Å². The zero-order valence-corrected chi connectivity index (χ0v) is 12.6. The molecule has 0 saturated carbocycles. The predicted octanol–water partition coefficient (Wildman–Crippen LogP) is 5.49. The lowest BCUT2D eigenvalue weighted by Crippen LogP contribution is -2.40. The van der Waals surface area contributed by atoms with E-state index in [0.29, 0.717) is 2.88 Å². The maximum absolute atomic E-state index is 13.7. The highest BCUT2D eigenvalue weighted by Crippen LogP contribution is 2.60. The average Bonchev–Trinajstić information content (AvgIpc) is 2.59. The van der Waals surface area contributed by atoms with Crippen molar-refractivity contribution < 1.29 is 26.3 Å². The number of allylic oxidation sites excluding steroid dienone is 2. The van der Waals surface area contributed by atoms with Crippen LogP contribution >= 0.6 is 33.9 Å². The van der Waals surface area contributed by atoms with Crippen molar-refractivity contribution in [3.63, 3.8) is 0 Å². The normalized spacial score (nSPS) is 25.2. The molecule has 0 nitrogen and oxygen atoms in total. The molecule has 0 aliphatic heterocycles. The zero-order chi connectivity index (χ0) is 14.7. The van der Waals surface area contributed by atoms with E-state index >= 15 is 0 Å². The molecule has 1 aliphatic rings. The van der Waals surface area contributed by atoms with Gasteiger partial charge in [0.25, 0.3) is 0 Å². The molecule has 1 aromatic heterocycles. The molecule has 0 aromatic carbocycles. The molecule has 0 bridgehead atoms. The summed E-state index contributed by atoms with van der Waals surface area (Å²) in [6, 6.07) is 0. The highest BCUT2D eigenvalue weighted by atomic mass is 127. The van der Waals surface area contributed by atoms with Crippen molar-refractivity contribution in [1.29, 1.82) is 0 Å². The third-order valence-corrected chi connectivity index (χ3v) is 5.61. The summed E-state index contributed by atoms with van der Waals surface area (Å²) in [5, 5.41) is 0. The Balaban J connectivity index is 2.70. The van der Waals surface area contributed by atoms with E-state index in [4.69, 9.17) is 0 Å². The van der Waals surface area contributed by atoms with Crippen LogP contribution in [0, 0.1) is 16.7 Å². The molecule has 0 spiro atoms. The van der Waals surface area contributed by atoms with E-state index < -0.39 is 29.4 Å². The highest BCUT2D eigenvalue weighted by Gasteiger charge is 2.72. The molecule has 0 saturated heterocycles. The molecular weight excluding hydrogens is 405 g/mol. The van der Waals surface area contributed by atoms with Crippen molar-refractivity contribution in [3.8, 4) is 0 Å². The van der Waals surface area contributed by atoms with Gasteiger partial charge in [0.05, 0.1) is 2.88 Å². The van der Waals surface area contributed by atoms with Gasteiger partial charge in [0.1, 0.15) is 5.92 Å². The predicted molar refractivity (Wildman–Crippen MR) is 68.4 cm³/mol. The first-order valence-corrected chi connectivity index (χ1v) is 6.99. The third kappa shape index (κ3) is 1.85. The molecule has 2 rings (SSSR count). The van der Waals surface area contributed by atoms with Crippen molar-refractivity contribution in [2.45, 2.75) is 31.6 Å². The summed E-state index contributed by atoms with van der Waals surface area (Å²) >= 11 is 2.93. The molecule has 1 aromatic rings. The van der Waals surface area contributed by atoms with Gasteiger partial charge in [0, 0.05) is 4.88 Å². The van der Waals surface area contributed by atoms with Gasteiger partial charge < -0.3 is 0 Å². The number of aryl methyl sites for hydroxylation is 1. The van der Waals surface area contributed by atoms with Gasteiger partial charge in [-0.1, -0.05) is 0 Å². The van der Waals surface area contributed by atoms with Crippen molar-refractivity contribution >= 4 is 33.9 Å². The maximum Gasteiger partial charge on any atom is 0.364 e. The smallest absolute Gasteiger partial charge is 0.208 e. The Bertz CT molecular complexity index is 574. The van der Waals surface area contributed by atoms with Gasteiger partial charge in [-0.25, -0.2) is 8.78 Å². The molecule has 1 unspecified atom stereocenters. The second kappa shape index (κ2) is 4.37. The van der Waals surface area contributed by atoms with Gasteiger partial charge >= 0.3 is 11.8 Å². The molecule has 1 aliphatic carbocycles. The largest absolute Gasteiger partial charge is 0.364 e. The number of rotatable bonds is 1. The first-order valence-electron chi connectivity index (χ1n) is 5.10. The van der Waals surface area contributed by atoms with Crippen LogP contribution in [0.15, 0.2) is 11.7 Å². The fourth-order valence-electron chi connectivity index (χ4n) is 2.13. The topological polar surface area (TPSA) is 0 Å². The van der Waals surface area contributed by atoms with Crippen LogP contribution in [0.4, 0.5) is 26.3 Å². The molecule has 0 fully saturated rings. The quantitative estimate of drug-likeness (QED) is 0.423. The van der Waals surface area contributed by atoms with Crippen LogP contribution in [0.2, 0.25) is 0 Å². The van der Waals surface area contributed by atoms with Gasteiger partial charge in [-0.3, -0.25) is 0 Å². The van der Waals surface area contributed by atoms with Crippen LogP contribution in [-0.4, -0.2) is 11.8 Å². The summed E-state index contributed by atoms with van der Waals surface area (Å²) in [5.41, 5.74) is 0.0395. The van der Waals surface area contributed by atoms with E-state index in [-0.39, 0.29) is 16.0 Å². The van der Waals surface area contributed by atoms with E-state index in [1.165, 1.54) is 13.8 Å². The molecule has 19 heavy (non-hydrogen) atoms. The Kier molecular flexibility index (Phi) is 3.48. The fraction of sp³-hybridized carbons (Fsp3) is 0.455. The minimum absolute atomic E-state index is 0.246. The van der Waals surface area contributed by atoms with E-state index in [1.807, 2.05) is 22.6 Å². The lowest BCUT2D eigenvalue weighted by Gasteiger charge is -2.24. The van der Waals surface area contributed by atoms with Crippen LogP contribution in [0.1, 0.15) is 21.9 Å². The Morgan fingerprint density at radius 1 is 1.11 bits per heavy atom. The summed E-state index contributed by atoms with van der Waals surface area (Å²) in [7, 11) is 0. The van der Waals surface area contributed by atoms with E-state index in [2.05, 4.69) is 0 Å². The first kappa shape index (κ1) is 15.1. The molecule has 0 N–H and O–H groups in total. The minimum atomic E-state index is -5.10. The van der Waals surface area contributed by atoms with Crippen LogP contribution in [0.25, 0.3) is 0 Å². The third-order valence-electron chi connectivity index (χ3n) is 3.13. The number of halogens is 7. The zero-order valence-electron chi connectivity index (χ0n) is 9.63. The Morgan fingerprint density at radius 2 is 1.63 bits per heavy atom. The van der Waals surface area contributed by atoms with E-state index in [1.54, 1.807) is 0 Å². The molecule has 0 radical (unpaired) electrons. The monoisotopic (exact) mass is 412 g/mol. The number of alkyl halides is 4. The lowest BCUT2D eigenvalue weighted by molar-refractivity contribution is -0.189. The SMILES string of the molecule is Cc1sc(I)c(C)c1C1C(F)=C(F)C(F)(F)C1(F)F. The summed E-state index contributed by atoms with van der Waals surface area (Å²) < 4.78 is 80.9. The van der Waals surface area contributed by atoms with Crippen LogP contribution in [0.3, 0.4) is 0 Å². The summed E-state index contributed by atoms with van der Waals surface area (Å²) in [4.78, 5) is 0.284. The standard InChI is InChI=1S/C11H7F6IS/c1-3-5(4(2)19-9(3)18)6-7(12)8(13)11(16,17)10(6,14)15/h6H,1-2H3. The fourth-order valence-corrected chi connectivity index (χ4v) is 4.32. The lowest BCUT2D eigenvalue weighted by atomic mass is 9.91. The molecular formula is C11H7F6IS. The average molecular weight is 412 g/mol. The maximum atomic E-state index is 13.7. The second-order valence-electron chi connectivity index (χ2n) is 4.26.